The summed E-state index contributed by atoms with van der Waals surface area (Å²) >= 11 is 0. The highest BCUT2D eigenvalue weighted by molar-refractivity contribution is 5.32. The second kappa shape index (κ2) is 6.08. The summed E-state index contributed by atoms with van der Waals surface area (Å²) in [5, 5.41) is 3.46. The summed E-state index contributed by atoms with van der Waals surface area (Å²) in [6.07, 6.45) is 6.37. The van der Waals surface area contributed by atoms with Gasteiger partial charge in [-0.3, -0.25) is 0 Å². The fourth-order valence-electron chi connectivity index (χ4n) is 2.66. The number of nitrogens with zero attached hydrogens (tertiary/aromatic N) is 3. The molecule has 4 heteroatoms. The number of hydrogen-bond donors (Lipinski definition) is 1. The zero-order chi connectivity index (χ0) is 14.8. The lowest BCUT2D eigenvalue weighted by atomic mass is 9.94. The Bertz CT molecular complexity index is 421. The van der Waals surface area contributed by atoms with Crippen molar-refractivity contribution in [3.05, 3.63) is 18.0 Å². The maximum atomic E-state index is 4.55. The molecule has 0 amide bonds. The van der Waals surface area contributed by atoms with Gasteiger partial charge in [-0.1, -0.05) is 6.92 Å². The molecule has 0 saturated carbocycles. The lowest BCUT2D eigenvalue weighted by Crippen LogP contribution is -2.41. The van der Waals surface area contributed by atoms with Gasteiger partial charge in [0.1, 0.15) is 0 Å². The largest absolute Gasteiger partial charge is 0.338 e. The average molecular weight is 276 g/mol. The lowest BCUT2D eigenvalue weighted by molar-refractivity contribution is 0.373. The van der Waals surface area contributed by atoms with Crippen molar-refractivity contribution in [3.63, 3.8) is 0 Å². The molecule has 1 saturated heterocycles. The summed E-state index contributed by atoms with van der Waals surface area (Å²) in [5.41, 5.74) is 1.26. The fraction of sp³-hybridized carbons (Fsp3) is 0.750. The van der Waals surface area contributed by atoms with Crippen molar-refractivity contribution in [2.24, 2.45) is 5.92 Å². The third-order valence-electron chi connectivity index (χ3n) is 3.91. The second-order valence-electron chi connectivity index (χ2n) is 7.17. The van der Waals surface area contributed by atoms with E-state index in [1.165, 1.54) is 12.8 Å². The van der Waals surface area contributed by atoms with Gasteiger partial charge in [-0.05, 0) is 46.5 Å². The van der Waals surface area contributed by atoms with E-state index in [2.05, 4.69) is 54.8 Å². The number of hydrogen-bond acceptors (Lipinski definition) is 4. The number of anilines is 1. The molecule has 2 heterocycles. The van der Waals surface area contributed by atoms with Crippen molar-refractivity contribution in [2.45, 2.75) is 65.6 Å². The molecule has 0 aliphatic carbocycles. The van der Waals surface area contributed by atoms with E-state index in [-0.39, 0.29) is 5.54 Å². The van der Waals surface area contributed by atoms with E-state index >= 15 is 0 Å². The molecule has 2 rings (SSSR count). The van der Waals surface area contributed by atoms with Gasteiger partial charge in [0, 0.05) is 42.6 Å². The van der Waals surface area contributed by atoms with E-state index in [1.807, 2.05) is 12.4 Å². The highest BCUT2D eigenvalue weighted by atomic mass is 15.3. The van der Waals surface area contributed by atoms with Crippen LogP contribution in [0.1, 0.15) is 53.0 Å². The number of nitrogens with one attached hydrogen (secondary N) is 1. The van der Waals surface area contributed by atoms with Gasteiger partial charge in [0.25, 0.3) is 0 Å². The summed E-state index contributed by atoms with van der Waals surface area (Å²) in [6, 6.07) is 0.539. The highest BCUT2D eigenvalue weighted by Crippen LogP contribution is 2.25. The van der Waals surface area contributed by atoms with E-state index in [9.17, 15) is 0 Å². The molecule has 4 nitrogen and oxygen atoms in total. The van der Waals surface area contributed by atoms with Gasteiger partial charge in [0.2, 0.25) is 5.95 Å². The first-order chi connectivity index (χ1) is 9.35. The van der Waals surface area contributed by atoms with Crippen molar-refractivity contribution in [3.8, 4) is 0 Å². The molecule has 2 unspecified atom stereocenters. The van der Waals surface area contributed by atoms with E-state index < -0.39 is 0 Å². The SMILES string of the molecule is CC1CCN(c2ncc(CNC(C)(C)C)cn2)C(C)C1. The smallest absolute Gasteiger partial charge is 0.225 e. The fourth-order valence-corrected chi connectivity index (χ4v) is 2.66. The van der Waals surface area contributed by atoms with E-state index in [1.54, 1.807) is 0 Å². The molecule has 1 fully saturated rings. The van der Waals surface area contributed by atoms with Crippen LogP contribution >= 0.6 is 0 Å². The topological polar surface area (TPSA) is 41.1 Å². The van der Waals surface area contributed by atoms with Crippen molar-refractivity contribution < 1.29 is 0 Å². The third-order valence-corrected chi connectivity index (χ3v) is 3.91. The van der Waals surface area contributed by atoms with Crippen LogP contribution in [-0.4, -0.2) is 28.1 Å². The maximum absolute atomic E-state index is 4.55. The molecular weight excluding hydrogens is 248 g/mol. The molecule has 2 atom stereocenters. The summed E-state index contributed by atoms with van der Waals surface area (Å²) in [7, 11) is 0. The van der Waals surface area contributed by atoms with Crippen molar-refractivity contribution in [2.75, 3.05) is 11.4 Å². The first kappa shape index (κ1) is 15.2. The molecule has 1 aromatic heterocycles. The molecule has 0 bridgehead atoms. The highest BCUT2D eigenvalue weighted by Gasteiger charge is 2.24. The van der Waals surface area contributed by atoms with Crippen LogP contribution in [0.2, 0.25) is 0 Å². The summed E-state index contributed by atoms with van der Waals surface area (Å²) in [4.78, 5) is 11.4. The van der Waals surface area contributed by atoms with Crippen LogP contribution in [0.3, 0.4) is 0 Å². The van der Waals surface area contributed by atoms with Gasteiger partial charge in [-0.25, -0.2) is 9.97 Å². The van der Waals surface area contributed by atoms with Gasteiger partial charge in [0.15, 0.2) is 0 Å². The van der Waals surface area contributed by atoms with E-state index in [4.69, 9.17) is 0 Å². The first-order valence-electron chi connectivity index (χ1n) is 7.68. The molecule has 112 valence electrons. The monoisotopic (exact) mass is 276 g/mol. The minimum Gasteiger partial charge on any atom is -0.338 e. The maximum Gasteiger partial charge on any atom is 0.225 e. The minimum atomic E-state index is 0.121. The Hall–Kier alpha value is -1.16. The first-order valence-corrected chi connectivity index (χ1v) is 7.68. The molecule has 1 aliphatic heterocycles. The van der Waals surface area contributed by atoms with Gasteiger partial charge in [0.05, 0.1) is 0 Å². The zero-order valence-corrected chi connectivity index (χ0v) is 13.5. The Labute approximate surface area is 123 Å². The number of piperidine rings is 1. The normalized spacial score (nSPS) is 23.9. The summed E-state index contributed by atoms with van der Waals surface area (Å²) in [5.74, 6) is 1.69. The van der Waals surface area contributed by atoms with Crippen molar-refractivity contribution in [1.29, 1.82) is 0 Å². The van der Waals surface area contributed by atoms with E-state index in [0.717, 1.165) is 30.5 Å². The summed E-state index contributed by atoms with van der Waals surface area (Å²) < 4.78 is 0. The molecular formula is C16H28N4. The molecule has 20 heavy (non-hydrogen) atoms. The van der Waals surface area contributed by atoms with Crippen LogP contribution < -0.4 is 10.2 Å². The Morgan fingerprint density at radius 2 is 1.90 bits per heavy atom. The number of aromatic nitrogens is 2. The molecule has 1 aliphatic rings. The average Bonchev–Trinajstić information content (AvgIpc) is 2.36. The van der Waals surface area contributed by atoms with E-state index in [0.29, 0.717) is 6.04 Å². The van der Waals surface area contributed by atoms with Crippen LogP contribution in [0.5, 0.6) is 0 Å². The van der Waals surface area contributed by atoms with Crippen LogP contribution in [0.25, 0.3) is 0 Å². The lowest BCUT2D eigenvalue weighted by Gasteiger charge is -2.36. The predicted octanol–water partition coefficient (Wildman–Crippen LogP) is 2.99. The van der Waals surface area contributed by atoms with Crippen molar-refractivity contribution in [1.82, 2.24) is 15.3 Å². The third kappa shape index (κ3) is 4.17. The predicted molar refractivity (Wildman–Crippen MR) is 83.8 cm³/mol. The standard InChI is InChI=1S/C16H28N4/c1-12-6-7-20(13(2)8-12)15-17-9-14(10-18-15)11-19-16(3,4)5/h9-10,12-13,19H,6-8,11H2,1-5H3. The van der Waals surface area contributed by atoms with Crippen LogP contribution in [-0.2, 0) is 6.54 Å². The Balaban J connectivity index is 1.97. The van der Waals surface area contributed by atoms with Crippen LogP contribution in [0.4, 0.5) is 5.95 Å². The van der Waals surface area contributed by atoms with Gasteiger partial charge < -0.3 is 10.2 Å². The minimum absolute atomic E-state index is 0.121. The quantitative estimate of drug-likeness (QED) is 0.921. The second-order valence-corrected chi connectivity index (χ2v) is 7.17. The molecule has 1 N–H and O–H groups in total. The Morgan fingerprint density at radius 3 is 2.45 bits per heavy atom. The van der Waals surface area contributed by atoms with Crippen molar-refractivity contribution >= 4 is 5.95 Å². The number of rotatable bonds is 3. The van der Waals surface area contributed by atoms with Crippen LogP contribution in [0, 0.1) is 5.92 Å². The van der Waals surface area contributed by atoms with Gasteiger partial charge in [-0.15, -0.1) is 0 Å². The molecule has 0 radical (unpaired) electrons. The van der Waals surface area contributed by atoms with Gasteiger partial charge >= 0.3 is 0 Å². The molecule has 0 spiro atoms. The Kier molecular flexibility index (Phi) is 4.63. The Morgan fingerprint density at radius 1 is 1.25 bits per heavy atom. The molecule has 0 aromatic carbocycles. The van der Waals surface area contributed by atoms with Crippen LogP contribution in [0.15, 0.2) is 12.4 Å². The van der Waals surface area contributed by atoms with Gasteiger partial charge in [-0.2, -0.15) is 0 Å². The molecule has 1 aromatic rings. The zero-order valence-electron chi connectivity index (χ0n) is 13.5. The summed E-state index contributed by atoms with van der Waals surface area (Å²) in [6.45, 7) is 13.0.